The number of allylic oxidation sites excluding steroid dienone is 1. The van der Waals surface area contributed by atoms with Gasteiger partial charge in [0.1, 0.15) is 17.7 Å². The average Bonchev–Trinajstić information content (AvgIpc) is 3.95. The van der Waals surface area contributed by atoms with Gasteiger partial charge in [0, 0.05) is 24.4 Å². The number of benzene rings is 1. The third-order valence-corrected chi connectivity index (χ3v) is 10.5. The Kier molecular flexibility index (Phi) is 8.67. The minimum Gasteiger partial charge on any atom is -0.481 e. The summed E-state index contributed by atoms with van der Waals surface area (Å²) in [6, 6.07) is 9.51. The number of ether oxygens (including phenoxy) is 2. The highest BCUT2D eigenvalue weighted by atomic mass is 32.2. The number of rotatable bonds is 7. The highest BCUT2D eigenvalue weighted by Crippen LogP contribution is 2.46. The van der Waals surface area contributed by atoms with Crippen molar-refractivity contribution in [2.24, 2.45) is 5.92 Å². The molecule has 13 nitrogen and oxygen atoms in total. The predicted octanol–water partition coefficient (Wildman–Crippen LogP) is 2.30. The number of fused-ring (bicyclic) bond motifs is 2. The Morgan fingerprint density at radius 2 is 1.87 bits per heavy atom. The Bertz CT molecular complexity index is 1580. The summed E-state index contributed by atoms with van der Waals surface area (Å²) in [4.78, 5) is 51.1. The van der Waals surface area contributed by atoms with Crippen molar-refractivity contribution in [1.82, 2.24) is 30.2 Å². The van der Waals surface area contributed by atoms with Crippen molar-refractivity contribution in [2.45, 2.75) is 74.3 Å². The summed E-state index contributed by atoms with van der Waals surface area (Å²) in [6.07, 6.45) is 8.02. The van der Waals surface area contributed by atoms with Gasteiger partial charge in [-0.25, -0.2) is 13.2 Å². The molecule has 4 unspecified atom stereocenters. The van der Waals surface area contributed by atoms with Gasteiger partial charge in [-0.3, -0.25) is 14.3 Å². The zero-order chi connectivity index (χ0) is 31.6. The quantitative estimate of drug-likeness (QED) is 0.385. The molecule has 2 aliphatic heterocycles. The second-order valence-corrected chi connectivity index (χ2v) is 14.0. The van der Waals surface area contributed by atoms with Crippen LogP contribution in [0, 0.1) is 5.92 Å². The molecule has 4 amide bonds. The predicted molar refractivity (Wildman–Crippen MR) is 164 cm³/mol. The van der Waals surface area contributed by atoms with Crippen LogP contribution in [0.1, 0.15) is 51.4 Å². The summed E-state index contributed by atoms with van der Waals surface area (Å²) < 4.78 is 39.1. The fourth-order valence-corrected chi connectivity index (χ4v) is 7.26. The van der Waals surface area contributed by atoms with Crippen molar-refractivity contribution >= 4 is 27.9 Å². The summed E-state index contributed by atoms with van der Waals surface area (Å²) in [6.45, 7) is 0.548. The first-order chi connectivity index (χ1) is 21.7. The molecular weight excluding hydrogens is 600 g/mol. The van der Waals surface area contributed by atoms with Crippen LogP contribution in [0.3, 0.4) is 0 Å². The molecule has 4 atom stereocenters. The SMILES string of the molecule is COc1cc(OC2CC3C(=O)NC4(C(=O)NS(=O)(=O)C5CC5)CC4C=CCCCCCNC(=O)N3C2)nc(-c2ccccc2)n1. The highest BCUT2D eigenvalue weighted by Gasteiger charge is 2.62. The van der Waals surface area contributed by atoms with Crippen molar-refractivity contribution in [2.75, 3.05) is 20.2 Å². The van der Waals surface area contributed by atoms with E-state index in [1.807, 2.05) is 42.5 Å². The number of methoxy groups -OCH3 is 1. The number of carbonyl (C=O) groups excluding carboxylic acids is 3. The summed E-state index contributed by atoms with van der Waals surface area (Å²) in [5.41, 5.74) is -0.652. The summed E-state index contributed by atoms with van der Waals surface area (Å²) in [7, 11) is -2.33. The maximum absolute atomic E-state index is 13.9. The van der Waals surface area contributed by atoms with Gasteiger partial charge in [0.2, 0.25) is 27.7 Å². The van der Waals surface area contributed by atoms with Crippen LogP contribution in [0.5, 0.6) is 11.8 Å². The molecule has 1 aromatic carbocycles. The van der Waals surface area contributed by atoms with Gasteiger partial charge in [-0.2, -0.15) is 9.97 Å². The maximum atomic E-state index is 13.9. The molecule has 0 bridgehead atoms. The van der Waals surface area contributed by atoms with Gasteiger partial charge in [-0.1, -0.05) is 48.9 Å². The van der Waals surface area contributed by atoms with E-state index in [1.54, 1.807) is 6.07 Å². The van der Waals surface area contributed by atoms with E-state index >= 15 is 0 Å². The zero-order valence-electron chi connectivity index (χ0n) is 25.1. The van der Waals surface area contributed by atoms with Gasteiger partial charge in [-0.05, 0) is 38.5 Å². The highest BCUT2D eigenvalue weighted by molar-refractivity contribution is 7.91. The molecule has 2 aliphatic carbocycles. The van der Waals surface area contributed by atoms with Crippen molar-refractivity contribution in [1.29, 1.82) is 0 Å². The number of hydrogen-bond acceptors (Lipinski definition) is 9. The van der Waals surface area contributed by atoms with Crippen molar-refractivity contribution in [3.8, 4) is 23.1 Å². The number of amides is 4. The molecule has 2 aromatic rings. The van der Waals surface area contributed by atoms with Crippen LogP contribution in [0.4, 0.5) is 4.79 Å². The van der Waals surface area contributed by atoms with E-state index in [0.29, 0.717) is 31.1 Å². The van der Waals surface area contributed by atoms with Crippen LogP contribution >= 0.6 is 0 Å². The fraction of sp³-hybridized carbons (Fsp3) is 0.516. The molecule has 45 heavy (non-hydrogen) atoms. The van der Waals surface area contributed by atoms with Crippen LogP contribution < -0.4 is 24.8 Å². The van der Waals surface area contributed by atoms with E-state index in [2.05, 4.69) is 25.3 Å². The van der Waals surface area contributed by atoms with Gasteiger partial charge in [0.05, 0.1) is 25.0 Å². The summed E-state index contributed by atoms with van der Waals surface area (Å²) in [5.74, 6) is -0.736. The molecule has 3 fully saturated rings. The number of nitrogens with zero attached hydrogens (tertiary/aromatic N) is 3. The average molecular weight is 639 g/mol. The topological polar surface area (TPSA) is 169 Å². The molecule has 14 heteroatoms. The van der Waals surface area contributed by atoms with E-state index in [9.17, 15) is 22.8 Å². The summed E-state index contributed by atoms with van der Waals surface area (Å²) >= 11 is 0. The lowest BCUT2D eigenvalue weighted by atomic mass is 10.1. The monoisotopic (exact) mass is 638 g/mol. The first kappa shape index (κ1) is 30.8. The lowest BCUT2D eigenvalue weighted by Crippen LogP contribution is -2.57. The molecule has 3 N–H and O–H groups in total. The van der Waals surface area contributed by atoms with Crippen LogP contribution in [0.15, 0.2) is 48.6 Å². The second kappa shape index (κ2) is 12.7. The molecule has 6 rings (SSSR count). The van der Waals surface area contributed by atoms with Gasteiger partial charge in [-0.15, -0.1) is 0 Å². The fourth-order valence-electron chi connectivity index (χ4n) is 5.90. The molecule has 0 radical (unpaired) electrons. The minimum atomic E-state index is -3.82. The third-order valence-electron chi connectivity index (χ3n) is 8.69. The van der Waals surface area contributed by atoms with Crippen LogP contribution in [-0.4, -0.2) is 84.3 Å². The minimum absolute atomic E-state index is 0.0928. The van der Waals surface area contributed by atoms with Gasteiger partial charge in [0.15, 0.2) is 5.82 Å². The van der Waals surface area contributed by atoms with Gasteiger partial charge in [0.25, 0.3) is 5.91 Å². The Labute approximate surface area is 262 Å². The van der Waals surface area contributed by atoms with Crippen molar-refractivity contribution in [3.05, 3.63) is 48.6 Å². The number of urea groups is 1. The van der Waals surface area contributed by atoms with E-state index < -0.39 is 50.8 Å². The van der Waals surface area contributed by atoms with E-state index in [0.717, 1.165) is 31.2 Å². The standard InChI is InChI=1S/C31H38N6O7S/c1-43-25-17-26(34-27(33-25)20-10-6-5-7-11-20)44-22-16-24-28(38)35-31(29(39)36-45(41,42)23-13-14-23)18-21(31)12-8-3-2-4-9-15-32-30(40)37(24)19-22/h5-8,10-12,17,21-24H,2-4,9,13-16,18-19H2,1H3,(H,32,40)(H,35,38)(H,36,39). The first-order valence-corrected chi connectivity index (χ1v) is 17.0. The number of hydrogen-bond donors (Lipinski definition) is 3. The Morgan fingerprint density at radius 3 is 2.62 bits per heavy atom. The Morgan fingerprint density at radius 1 is 1.09 bits per heavy atom. The van der Waals surface area contributed by atoms with E-state index in [1.165, 1.54) is 12.0 Å². The molecule has 240 valence electrons. The van der Waals surface area contributed by atoms with Crippen LogP contribution in [-0.2, 0) is 19.6 Å². The number of sulfonamides is 1. The third kappa shape index (κ3) is 6.90. The van der Waals surface area contributed by atoms with E-state index in [-0.39, 0.29) is 31.2 Å². The lowest BCUT2D eigenvalue weighted by Gasteiger charge is -2.26. The van der Waals surface area contributed by atoms with Gasteiger partial charge >= 0.3 is 6.03 Å². The van der Waals surface area contributed by atoms with Crippen molar-refractivity contribution < 1.29 is 32.3 Å². The molecule has 2 saturated carbocycles. The van der Waals surface area contributed by atoms with E-state index in [4.69, 9.17) is 9.47 Å². The molecule has 1 saturated heterocycles. The number of carbonyl (C=O) groups is 3. The summed E-state index contributed by atoms with van der Waals surface area (Å²) in [5, 5.41) is 5.18. The molecule has 0 spiro atoms. The molecule has 1 aromatic heterocycles. The van der Waals surface area contributed by atoms with Crippen molar-refractivity contribution in [3.63, 3.8) is 0 Å². The number of aromatic nitrogens is 2. The molecular formula is C31H38N6O7S. The van der Waals surface area contributed by atoms with Crippen LogP contribution in [0.2, 0.25) is 0 Å². The first-order valence-electron chi connectivity index (χ1n) is 15.4. The molecule has 3 heterocycles. The zero-order valence-corrected chi connectivity index (χ0v) is 25.9. The lowest BCUT2D eigenvalue weighted by molar-refractivity contribution is -0.131. The molecule has 4 aliphatic rings. The smallest absolute Gasteiger partial charge is 0.318 e. The van der Waals surface area contributed by atoms with Crippen LogP contribution in [0.25, 0.3) is 11.4 Å². The Balaban J connectivity index is 1.24. The van der Waals surface area contributed by atoms with Gasteiger partial charge < -0.3 is 25.0 Å². The maximum Gasteiger partial charge on any atom is 0.318 e. The second-order valence-electron chi connectivity index (χ2n) is 12.0. The largest absolute Gasteiger partial charge is 0.481 e. The number of nitrogens with one attached hydrogen (secondary N) is 3. The normalized spacial score (nSPS) is 27.1. The Hall–Kier alpha value is -4.20.